The van der Waals surface area contributed by atoms with Crippen molar-refractivity contribution in [1.82, 2.24) is 0 Å². The van der Waals surface area contributed by atoms with E-state index in [4.69, 9.17) is 0 Å². The zero-order chi connectivity index (χ0) is 7.61. The Bertz CT molecular complexity index is 271. The Balaban J connectivity index is 2.66. The molecule has 5 heteroatoms. The molecule has 3 nitrogen and oxygen atoms in total. The van der Waals surface area contributed by atoms with E-state index in [1.54, 1.807) is 0 Å². The van der Waals surface area contributed by atoms with Gasteiger partial charge in [-0.1, -0.05) is 5.92 Å². The summed E-state index contributed by atoms with van der Waals surface area (Å²) in [5.41, 5.74) is 0. The van der Waals surface area contributed by atoms with Crippen LogP contribution in [-0.2, 0) is 14.3 Å². The van der Waals surface area contributed by atoms with Crippen LogP contribution in [0, 0.1) is 18.0 Å². The minimum Gasteiger partial charge on any atom is -0.269 e. The summed E-state index contributed by atoms with van der Waals surface area (Å²) in [5, 5.41) is 0. The van der Waals surface area contributed by atoms with Gasteiger partial charge in [-0.25, -0.2) is 0 Å². The Labute approximate surface area is 58.3 Å². The number of rotatable bonds is 0. The molecule has 1 saturated heterocycles. The molecular formula is C5H5FO3S. The molecule has 1 fully saturated rings. The van der Waals surface area contributed by atoms with E-state index in [1.807, 2.05) is 0 Å². The first-order valence-electron chi connectivity index (χ1n) is 2.62. The lowest BCUT2D eigenvalue weighted by Gasteiger charge is -1.86. The monoisotopic (exact) mass is 164 g/mol. The van der Waals surface area contributed by atoms with E-state index >= 15 is 0 Å². The highest BCUT2D eigenvalue weighted by atomic mass is 32.2. The van der Waals surface area contributed by atoms with Crippen LogP contribution in [0.4, 0.5) is 4.39 Å². The first-order chi connectivity index (χ1) is 4.64. The lowest BCUT2D eigenvalue weighted by molar-refractivity contribution is 0.335. The van der Waals surface area contributed by atoms with Gasteiger partial charge in [0.25, 0.3) is 10.1 Å². The number of halogens is 1. The molecule has 0 N–H and O–H groups in total. The predicted octanol–water partition coefficient (Wildman–Crippen LogP) is -0.107. The van der Waals surface area contributed by atoms with Crippen LogP contribution in [-0.4, -0.2) is 20.8 Å². The molecule has 0 aromatic rings. The molecular weight excluding hydrogens is 159 g/mol. The van der Waals surface area contributed by atoms with Gasteiger partial charge in [-0.3, -0.25) is 4.18 Å². The van der Waals surface area contributed by atoms with Crippen molar-refractivity contribution in [1.29, 1.82) is 0 Å². The van der Waals surface area contributed by atoms with Gasteiger partial charge in [0.15, 0.2) is 0 Å². The van der Waals surface area contributed by atoms with E-state index in [-0.39, 0.29) is 12.4 Å². The molecule has 1 atom stereocenters. The van der Waals surface area contributed by atoms with Crippen molar-refractivity contribution in [3.05, 3.63) is 0 Å². The summed E-state index contributed by atoms with van der Waals surface area (Å²) in [4.78, 5) is 0. The Morgan fingerprint density at radius 2 is 2.30 bits per heavy atom. The summed E-state index contributed by atoms with van der Waals surface area (Å²) in [5.74, 6) is 1.40. The van der Waals surface area contributed by atoms with Crippen LogP contribution in [0.3, 0.4) is 0 Å². The van der Waals surface area contributed by atoms with Crippen LogP contribution >= 0.6 is 0 Å². The van der Waals surface area contributed by atoms with Crippen LogP contribution in [0.2, 0.25) is 0 Å². The van der Waals surface area contributed by atoms with Gasteiger partial charge in [0.05, 0.1) is 18.3 Å². The molecule has 0 bridgehead atoms. The lowest BCUT2D eigenvalue weighted by Crippen LogP contribution is -2.02. The van der Waals surface area contributed by atoms with Gasteiger partial charge in [0.2, 0.25) is 0 Å². The zero-order valence-electron chi connectivity index (χ0n) is 5.00. The first kappa shape index (κ1) is 7.51. The van der Waals surface area contributed by atoms with Crippen LogP contribution in [0.25, 0.3) is 0 Å². The van der Waals surface area contributed by atoms with Gasteiger partial charge >= 0.3 is 0 Å². The molecule has 1 unspecified atom stereocenters. The normalized spacial score (nSPS) is 29.1. The largest absolute Gasteiger partial charge is 0.269 e. The minimum absolute atomic E-state index is 0.0146. The van der Waals surface area contributed by atoms with Crippen molar-refractivity contribution < 1.29 is 17.0 Å². The second-order valence-electron chi connectivity index (χ2n) is 1.94. The fourth-order valence-electron chi connectivity index (χ4n) is 0.689. The summed E-state index contributed by atoms with van der Waals surface area (Å²) in [6, 6.07) is 0. The molecule has 1 rings (SSSR count). The first-order valence-corrected chi connectivity index (χ1v) is 4.20. The Morgan fingerprint density at radius 1 is 1.60 bits per heavy atom. The molecule has 0 saturated carbocycles. The number of hydrogen-bond donors (Lipinski definition) is 0. The molecule has 0 aromatic carbocycles. The van der Waals surface area contributed by atoms with Gasteiger partial charge in [0.1, 0.15) is 6.17 Å². The van der Waals surface area contributed by atoms with E-state index in [0.29, 0.717) is 0 Å². The Hall–Kier alpha value is -0.600. The smallest absolute Gasteiger partial charge is 0.268 e. The van der Waals surface area contributed by atoms with Crippen molar-refractivity contribution in [2.45, 2.75) is 0 Å². The van der Waals surface area contributed by atoms with E-state index < -0.39 is 16.0 Å². The molecule has 1 aliphatic heterocycles. The molecule has 56 valence electrons. The van der Waals surface area contributed by atoms with Crippen LogP contribution in [0.15, 0.2) is 0 Å². The van der Waals surface area contributed by atoms with Crippen molar-refractivity contribution >= 4 is 10.1 Å². The standard InChI is InChI=1S/C5H5FO3S/c6-2-1-5-3-9-10(7,8)4-5/h5H,3-4H2. The summed E-state index contributed by atoms with van der Waals surface area (Å²) in [6.45, 7) is -0.0146. The minimum atomic E-state index is -3.39. The summed E-state index contributed by atoms with van der Waals surface area (Å²) in [6.07, 6.45) is 1.15. The van der Waals surface area contributed by atoms with Crippen molar-refractivity contribution in [3.8, 4) is 12.1 Å². The highest BCUT2D eigenvalue weighted by molar-refractivity contribution is 7.86. The summed E-state index contributed by atoms with van der Waals surface area (Å²) >= 11 is 0. The maximum Gasteiger partial charge on any atom is 0.268 e. The third-order valence-corrected chi connectivity index (χ3v) is 2.42. The van der Waals surface area contributed by atoms with Crippen LogP contribution < -0.4 is 0 Å². The fraction of sp³-hybridized carbons (Fsp3) is 0.600. The summed E-state index contributed by atoms with van der Waals surface area (Å²) in [7, 11) is -3.39. The Kier molecular flexibility index (Phi) is 1.92. The molecule has 0 aliphatic carbocycles. The van der Waals surface area contributed by atoms with Crippen molar-refractivity contribution in [2.75, 3.05) is 12.4 Å². The van der Waals surface area contributed by atoms with Gasteiger partial charge in [-0.05, 0) is 0 Å². The molecule has 1 heterocycles. The number of hydrogen-bond acceptors (Lipinski definition) is 3. The van der Waals surface area contributed by atoms with Crippen LogP contribution in [0.5, 0.6) is 0 Å². The molecule has 0 amide bonds. The van der Waals surface area contributed by atoms with Gasteiger partial charge in [-0.2, -0.15) is 8.42 Å². The van der Waals surface area contributed by atoms with Crippen LogP contribution in [0.1, 0.15) is 0 Å². The average molecular weight is 164 g/mol. The highest BCUT2D eigenvalue weighted by Gasteiger charge is 2.27. The van der Waals surface area contributed by atoms with Crippen molar-refractivity contribution in [3.63, 3.8) is 0 Å². The third kappa shape index (κ3) is 1.69. The lowest BCUT2D eigenvalue weighted by atomic mass is 10.2. The predicted molar refractivity (Wildman–Crippen MR) is 32.1 cm³/mol. The van der Waals surface area contributed by atoms with Crippen molar-refractivity contribution in [2.24, 2.45) is 5.92 Å². The molecule has 0 spiro atoms. The maximum absolute atomic E-state index is 11.3. The van der Waals surface area contributed by atoms with E-state index in [2.05, 4.69) is 10.1 Å². The topological polar surface area (TPSA) is 43.4 Å². The van der Waals surface area contributed by atoms with Gasteiger partial charge in [0, 0.05) is 0 Å². The quantitative estimate of drug-likeness (QED) is 0.370. The second-order valence-corrected chi connectivity index (χ2v) is 3.63. The average Bonchev–Trinajstić information content (AvgIpc) is 2.12. The van der Waals surface area contributed by atoms with E-state index in [9.17, 15) is 12.8 Å². The zero-order valence-corrected chi connectivity index (χ0v) is 5.82. The molecule has 10 heavy (non-hydrogen) atoms. The van der Waals surface area contributed by atoms with E-state index in [1.165, 1.54) is 0 Å². The van der Waals surface area contributed by atoms with Gasteiger partial charge < -0.3 is 0 Å². The van der Waals surface area contributed by atoms with Gasteiger partial charge in [-0.15, -0.1) is 4.39 Å². The maximum atomic E-state index is 11.3. The second kappa shape index (κ2) is 2.56. The Morgan fingerprint density at radius 3 is 2.70 bits per heavy atom. The summed E-state index contributed by atoms with van der Waals surface area (Å²) < 4.78 is 36.6. The highest BCUT2D eigenvalue weighted by Crippen LogP contribution is 2.13. The van der Waals surface area contributed by atoms with E-state index in [0.717, 1.165) is 6.17 Å². The molecule has 0 aromatic heterocycles. The SMILES string of the molecule is O=S1(=O)CC(C#CF)CO1. The third-order valence-electron chi connectivity index (χ3n) is 1.11. The molecule has 1 aliphatic rings. The molecule has 0 radical (unpaired) electrons. The fourth-order valence-corrected chi connectivity index (χ4v) is 1.83.